The number of hydrogen-bond donors (Lipinski definition) is 2. The summed E-state index contributed by atoms with van der Waals surface area (Å²) in [5.74, 6) is 2.79. The minimum absolute atomic E-state index is 0. The lowest BCUT2D eigenvalue weighted by molar-refractivity contribution is -0.170. The molecule has 2 N–H and O–H groups in total. The molecule has 0 radical (unpaired) electrons. The zero-order chi connectivity index (χ0) is 66.6. The number of rotatable bonds is 24. The van der Waals surface area contributed by atoms with Gasteiger partial charge in [0, 0.05) is 13.2 Å². The second-order valence-electron chi connectivity index (χ2n) is 20.1. The summed E-state index contributed by atoms with van der Waals surface area (Å²) in [6.45, 7) is 0.750. The van der Waals surface area contributed by atoms with Crippen molar-refractivity contribution in [2.24, 2.45) is 0 Å². The van der Waals surface area contributed by atoms with Gasteiger partial charge in [-0.3, -0.25) is 0 Å². The highest BCUT2D eigenvalue weighted by Gasteiger charge is 2.39. The monoisotopic (exact) mass is 1600 g/mol. The van der Waals surface area contributed by atoms with Crippen molar-refractivity contribution in [1.82, 2.24) is 60.0 Å². The van der Waals surface area contributed by atoms with Gasteiger partial charge in [0.2, 0.25) is 0 Å². The molecule has 8 aromatic rings. The van der Waals surface area contributed by atoms with Crippen molar-refractivity contribution < 1.29 is 83.2 Å². The maximum absolute atomic E-state index is 14.1. The molecule has 0 aliphatic carbocycles. The van der Waals surface area contributed by atoms with Crippen LogP contribution in [0.5, 0.6) is 23.0 Å². The minimum atomic E-state index is -3.32. The Bertz CT molecular complexity index is 3510. The molecule has 2 fully saturated rings. The Morgan fingerprint density at radius 3 is 1.05 bits per heavy atom. The second kappa shape index (κ2) is 38.1. The van der Waals surface area contributed by atoms with Crippen LogP contribution in [0, 0.1) is 0 Å². The number of halogens is 12. The SMILES string of the molecule is C.C.C.COc1ccc(Cn2nnc(C(F)(F)Br)c2CO)cc1.COc1ccc(Cn2nnc(C(F)(F)Br)c2COC2CCCCO2)cc1.COc1ccc(Cn2nnc(CO)c2C(F)(F)Br)cc1.COc1ccc(Cn2nnc(COC3CCCCO3)c2C(F)(F)Br)cc1. The summed E-state index contributed by atoms with van der Waals surface area (Å²) in [5.41, 5.74) is 1.63. The molecule has 0 bridgehead atoms. The van der Waals surface area contributed by atoms with Crippen LogP contribution in [0.1, 0.15) is 129 Å². The number of aromatic nitrogens is 12. The van der Waals surface area contributed by atoms with E-state index in [-0.39, 0.29) is 96.2 Å². The fourth-order valence-corrected chi connectivity index (χ4v) is 10.5. The smallest absolute Gasteiger partial charge is 0.346 e. The van der Waals surface area contributed by atoms with E-state index in [2.05, 4.69) is 105 Å². The summed E-state index contributed by atoms with van der Waals surface area (Å²) in [6, 6.07) is 28.5. The highest BCUT2D eigenvalue weighted by molar-refractivity contribution is 9.10. The molecule has 2 aliphatic rings. The van der Waals surface area contributed by atoms with Gasteiger partial charge in [-0.25, -0.2) is 18.7 Å². The maximum Gasteiger partial charge on any atom is 0.346 e. The third-order valence-corrected chi connectivity index (χ3v) is 15.2. The summed E-state index contributed by atoms with van der Waals surface area (Å²) in [4.78, 5) is -13.2. The molecular formula is C61H76Br4F8N12O10. The van der Waals surface area contributed by atoms with E-state index in [1.165, 1.54) is 14.0 Å². The van der Waals surface area contributed by atoms with Gasteiger partial charge in [0.25, 0.3) is 0 Å². The zero-order valence-corrected chi connectivity index (χ0v) is 56.1. The van der Waals surface area contributed by atoms with Crippen molar-refractivity contribution in [3.8, 4) is 23.0 Å². The molecule has 4 aromatic carbocycles. The van der Waals surface area contributed by atoms with E-state index < -0.39 is 49.6 Å². The summed E-state index contributed by atoms with van der Waals surface area (Å²) in [5, 5.41) is 47.9. The Kier molecular flexibility index (Phi) is 32.5. The molecule has 524 valence electrons. The number of aliphatic hydroxyl groups is 2. The normalized spacial score (nSPS) is 14.8. The highest BCUT2D eigenvalue weighted by atomic mass is 79.9. The molecule has 22 nitrogen and oxygen atoms in total. The van der Waals surface area contributed by atoms with Crippen LogP contribution < -0.4 is 18.9 Å². The molecule has 0 saturated carbocycles. The summed E-state index contributed by atoms with van der Waals surface area (Å²) >= 11 is 9.30. The van der Waals surface area contributed by atoms with Gasteiger partial charge < -0.3 is 48.1 Å². The van der Waals surface area contributed by atoms with Crippen LogP contribution in [-0.2, 0) is 90.9 Å². The Morgan fingerprint density at radius 1 is 0.421 bits per heavy atom. The number of aliphatic hydroxyl groups excluding tert-OH is 2. The first-order valence-electron chi connectivity index (χ1n) is 28.0. The Labute approximate surface area is 578 Å². The van der Waals surface area contributed by atoms with E-state index in [9.17, 15) is 40.2 Å². The van der Waals surface area contributed by atoms with E-state index in [1.807, 2.05) is 12.1 Å². The van der Waals surface area contributed by atoms with Crippen LogP contribution >= 0.6 is 63.7 Å². The summed E-state index contributed by atoms with van der Waals surface area (Å²) in [6.07, 6.45) is 4.70. The van der Waals surface area contributed by atoms with Crippen molar-refractivity contribution >= 4 is 63.7 Å². The number of alkyl halides is 12. The summed E-state index contributed by atoms with van der Waals surface area (Å²) in [7, 11) is 6.25. The third kappa shape index (κ3) is 24.1. The highest BCUT2D eigenvalue weighted by Crippen LogP contribution is 2.40. The number of benzene rings is 4. The molecule has 2 atom stereocenters. The lowest BCUT2D eigenvalue weighted by Crippen LogP contribution is -2.23. The van der Waals surface area contributed by atoms with Gasteiger partial charge in [-0.1, -0.05) is 91.7 Å². The van der Waals surface area contributed by atoms with Crippen molar-refractivity contribution in [1.29, 1.82) is 0 Å². The first kappa shape index (κ1) is 81.2. The number of nitrogens with zero attached hydrogens (tertiary/aromatic N) is 12. The molecule has 2 aliphatic heterocycles. The molecule has 95 heavy (non-hydrogen) atoms. The second-order valence-corrected chi connectivity index (χ2v) is 24.1. The Balaban J connectivity index is 0.000000269. The van der Waals surface area contributed by atoms with Crippen LogP contribution in [0.4, 0.5) is 35.1 Å². The first-order valence-corrected chi connectivity index (χ1v) is 31.2. The summed E-state index contributed by atoms with van der Waals surface area (Å²) < 4.78 is 157. The van der Waals surface area contributed by atoms with Gasteiger partial charge in [-0.15, -0.1) is 20.4 Å². The average molecular weight is 1610 g/mol. The van der Waals surface area contributed by atoms with Gasteiger partial charge in [0.05, 0.1) is 92.4 Å². The first-order chi connectivity index (χ1) is 43.8. The Hall–Kier alpha value is -6.24. The molecule has 2 unspecified atom stereocenters. The Morgan fingerprint density at radius 2 is 0.737 bits per heavy atom. The number of ether oxygens (including phenoxy) is 8. The van der Waals surface area contributed by atoms with Crippen LogP contribution in [0.25, 0.3) is 0 Å². The van der Waals surface area contributed by atoms with E-state index in [4.69, 9.17) is 43.0 Å². The lowest BCUT2D eigenvalue weighted by Gasteiger charge is -2.23. The molecule has 0 amide bonds. The van der Waals surface area contributed by atoms with Gasteiger partial charge in [0.1, 0.15) is 45.8 Å². The van der Waals surface area contributed by atoms with Gasteiger partial charge in [-0.2, -0.15) is 35.1 Å². The maximum atomic E-state index is 14.1. The zero-order valence-electron chi connectivity index (χ0n) is 49.8. The molecule has 0 spiro atoms. The fraction of sp³-hybridized carbons (Fsp3) is 0.475. The molecular weight excluding hydrogens is 1530 g/mol. The van der Waals surface area contributed by atoms with E-state index in [0.29, 0.717) is 37.0 Å². The molecule has 10 rings (SSSR count). The van der Waals surface area contributed by atoms with Crippen molar-refractivity contribution in [2.45, 2.75) is 145 Å². The van der Waals surface area contributed by atoms with Crippen molar-refractivity contribution in [3.05, 3.63) is 165 Å². The van der Waals surface area contributed by atoms with Gasteiger partial charge in [0.15, 0.2) is 24.0 Å². The van der Waals surface area contributed by atoms with Gasteiger partial charge in [-0.05, 0) is 173 Å². The topological polar surface area (TPSA) is 237 Å². The fourth-order valence-electron chi connectivity index (χ4n) is 9.05. The number of hydrogen-bond acceptors (Lipinski definition) is 18. The predicted molar refractivity (Wildman–Crippen MR) is 349 cm³/mol. The standard InChI is InChI=1S/2C17H20BrF2N3O3.2C12H12BrF2N3O2.3CH4/c1-24-13-7-5-12(6-8-13)10-23-14(16(21-22-23)17(18,19)20)11-26-15-4-2-3-9-25-15;1-24-13-7-5-12(6-8-13)10-23-16(17(18,19)20)14(21-22-23)11-26-15-4-2-3-9-25-15;1-20-9-4-2-8(3-5-9)6-18-10(7-19)11(16-17-18)12(13,14)15;1-20-9-4-2-8(3-5-9)6-18-11(12(13,14)15)10(7-19)16-17-18;;;/h2*5-8,15H,2-4,9-11H2,1H3;2*2-5,19H,6-7H2,1H3;3*1H4. The van der Waals surface area contributed by atoms with Crippen LogP contribution in [0.2, 0.25) is 0 Å². The average Bonchev–Trinajstić information content (AvgIpc) is 1.71. The van der Waals surface area contributed by atoms with E-state index >= 15 is 0 Å². The van der Waals surface area contributed by atoms with Crippen LogP contribution in [0.15, 0.2) is 97.1 Å². The van der Waals surface area contributed by atoms with Gasteiger partial charge >= 0.3 is 19.3 Å². The lowest BCUT2D eigenvalue weighted by atomic mass is 10.2. The minimum Gasteiger partial charge on any atom is -0.497 e. The molecule has 4 aromatic heterocycles. The van der Waals surface area contributed by atoms with Crippen molar-refractivity contribution in [2.75, 3.05) is 41.7 Å². The quantitative estimate of drug-likeness (QED) is 0.0422. The predicted octanol–water partition coefficient (Wildman–Crippen LogP) is 14.1. The van der Waals surface area contributed by atoms with E-state index in [0.717, 1.165) is 71.2 Å². The van der Waals surface area contributed by atoms with Crippen LogP contribution in [0.3, 0.4) is 0 Å². The molecule has 34 heteroatoms. The largest absolute Gasteiger partial charge is 0.497 e. The van der Waals surface area contributed by atoms with Crippen molar-refractivity contribution in [3.63, 3.8) is 0 Å². The van der Waals surface area contributed by atoms with Crippen LogP contribution in [-0.4, -0.2) is 124 Å². The van der Waals surface area contributed by atoms with E-state index in [1.54, 1.807) is 113 Å². The molecule has 2 saturated heterocycles. The third-order valence-electron chi connectivity index (χ3n) is 13.7. The molecule has 6 heterocycles. The number of methoxy groups -OCH3 is 4.